The predicted molar refractivity (Wildman–Crippen MR) is 111 cm³/mol. The van der Waals surface area contributed by atoms with Crippen molar-refractivity contribution in [2.24, 2.45) is 15.7 Å². The van der Waals surface area contributed by atoms with Crippen LogP contribution in [0.3, 0.4) is 0 Å². The molecule has 1 heterocycles. The topological polar surface area (TPSA) is 96.3 Å². The van der Waals surface area contributed by atoms with Crippen molar-refractivity contribution in [2.45, 2.75) is 32.3 Å². The Morgan fingerprint density at radius 1 is 1.37 bits per heavy atom. The van der Waals surface area contributed by atoms with E-state index < -0.39 is 0 Å². The molecule has 148 valence electrons. The van der Waals surface area contributed by atoms with Gasteiger partial charge in [0.15, 0.2) is 0 Å². The van der Waals surface area contributed by atoms with Crippen molar-refractivity contribution >= 4 is 17.8 Å². The molecule has 2 rings (SSSR count). The van der Waals surface area contributed by atoms with Crippen molar-refractivity contribution in [2.75, 3.05) is 39.6 Å². The first kappa shape index (κ1) is 21.2. The second-order valence-electron chi connectivity index (χ2n) is 7.00. The summed E-state index contributed by atoms with van der Waals surface area (Å²) in [5, 5.41) is 8.31. The number of hydrogen-bond donors (Lipinski definition) is 2. The van der Waals surface area contributed by atoms with Gasteiger partial charge in [-0.3, -0.25) is 15.3 Å². The minimum Gasteiger partial charge on any atom is -0.398 e. The molecule has 27 heavy (non-hydrogen) atoms. The monoisotopic (exact) mass is 373 g/mol. The first-order chi connectivity index (χ1) is 12.9. The molecule has 0 amide bonds. The molecule has 2 aliphatic rings. The van der Waals surface area contributed by atoms with Crippen molar-refractivity contribution in [3.8, 4) is 0 Å². The van der Waals surface area contributed by atoms with Crippen molar-refractivity contribution in [1.82, 2.24) is 4.90 Å². The van der Waals surface area contributed by atoms with Crippen molar-refractivity contribution < 1.29 is 9.47 Å². The van der Waals surface area contributed by atoms with Gasteiger partial charge in [0.2, 0.25) is 0 Å². The molecule has 0 aromatic heterocycles. The molecule has 0 radical (unpaired) electrons. The third kappa shape index (κ3) is 7.21. The molecule has 7 heteroatoms. The second kappa shape index (κ2) is 10.3. The average molecular weight is 374 g/mol. The summed E-state index contributed by atoms with van der Waals surface area (Å²) in [7, 11) is 0. The molecule has 3 N–H and O–H groups in total. The first-order valence-corrected chi connectivity index (χ1v) is 9.30. The minimum atomic E-state index is 0.0423. The summed E-state index contributed by atoms with van der Waals surface area (Å²) in [6, 6.07) is 0. The van der Waals surface area contributed by atoms with Gasteiger partial charge in [-0.15, -0.1) is 0 Å². The van der Waals surface area contributed by atoms with Crippen LogP contribution in [0.1, 0.15) is 26.7 Å². The maximum absolute atomic E-state index is 8.31. The first-order valence-electron chi connectivity index (χ1n) is 9.30. The van der Waals surface area contributed by atoms with Crippen LogP contribution in [0.5, 0.6) is 0 Å². The number of morpholine rings is 1. The summed E-state index contributed by atoms with van der Waals surface area (Å²) in [5.74, 6) is 0. The van der Waals surface area contributed by atoms with Crippen LogP contribution in [0.25, 0.3) is 0 Å². The second-order valence-corrected chi connectivity index (χ2v) is 7.00. The Morgan fingerprint density at radius 3 is 2.70 bits per heavy atom. The molecule has 1 saturated carbocycles. The molecule has 0 aromatic rings. The number of nitrogens with zero attached hydrogens (tertiary/aromatic N) is 3. The van der Waals surface area contributed by atoms with Gasteiger partial charge < -0.3 is 15.2 Å². The lowest BCUT2D eigenvalue weighted by Crippen LogP contribution is -2.36. The molecular weight excluding hydrogens is 342 g/mol. The Labute approximate surface area is 161 Å². The van der Waals surface area contributed by atoms with E-state index in [0.717, 1.165) is 39.1 Å². The van der Waals surface area contributed by atoms with Crippen LogP contribution in [-0.2, 0) is 9.47 Å². The molecule has 1 saturated heterocycles. The third-order valence-corrected chi connectivity index (χ3v) is 4.64. The van der Waals surface area contributed by atoms with Gasteiger partial charge in [-0.25, -0.2) is 4.99 Å². The number of nitrogens with one attached hydrogen (secondary N) is 1. The van der Waals surface area contributed by atoms with Gasteiger partial charge in [-0.05, 0) is 32.8 Å². The lowest BCUT2D eigenvalue weighted by atomic mass is 10.0. The van der Waals surface area contributed by atoms with Gasteiger partial charge >= 0.3 is 0 Å². The summed E-state index contributed by atoms with van der Waals surface area (Å²) in [5.41, 5.74) is 7.94. The summed E-state index contributed by atoms with van der Waals surface area (Å²) in [6.45, 7) is 12.0. The summed E-state index contributed by atoms with van der Waals surface area (Å²) in [6.07, 6.45) is 8.92. The normalized spacial score (nSPS) is 21.5. The number of allylic oxidation sites excluding steroid dienone is 3. The van der Waals surface area contributed by atoms with Gasteiger partial charge in [-0.1, -0.05) is 18.7 Å². The van der Waals surface area contributed by atoms with Gasteiger partial charge in [-0.2, -0.15) is 0 Å². The molecule has 1 aliphatic heterocycles. The molecular formula is C20H31N5O2. The van der Waals surface area contributed by atoms with Crippen molar-refractivity contribution in [3.63, 3.8) is 0 Å². The molecule has 1 aliphatic carbocycles. The standard InChI is InChI=1S/C20H31N5O2/c1-4-17(18(21)6-5-11-27-20(3)7-8-20)19(22)16(2)24-14-23-15-25-9-12-26-13-10-25/h4-6,14,22H,1,7-13,15,21H2,2-3H3/b6-5-,18-17-,22-19?,23-14-,24-16+. The predicted octanol–water partition coefficient (Wildman–Crippen LogP) is 2.31. The highest BCUT2D eigenvalue weighted by atomic mass is 16.5. The number of rotatable bonds is 10. The maximum Gasteiger partial charge on any atom is 0.111 e. The highest BCUT2D eigenvalue weighted by Gasteiger charge is 2.37. The third-order valence-electron chi connectivity index (χ3n) is 4.64. The molecule has 7 nitrogen and oxygen atoms in total. The molecule has 0 spiro atoms. The van der Waals surface area contributed by atoms with Gasteiger partial charge in [0.1, 0.15) is 6.34 Å². The van der Waals surface area contributed by atoms with Crippen LogP contribution in [0.2, 0.25) is 0 Å². The SMILES string of the molecule is C=C/C(C(=N)/C(C)=N/C=N\CN1CCOCC1)=C(N)\C=C/COC1(C)CC1. The molecule has 0 atom stereocenters. The van der Waals surface area contributed by atoms with E-state index >= 15 is 0 Å². The number of nitrogens with two attached hydrogens (primary N) is 1. The fraction of sp³-hybridized carbons (Fsp3) is 0.550. The molecule has 0 bridgehead atoms. The van der Waals surface area contributed by atoms with E-state index in [1.807, 2.05) is 6.08 Å². The minimum absolute atomic E-state index is 0.0423. The van der Waals surface area contributed by atoms with Crippen molar-refractivity contribution in [3.05, 3.63) is 36.1 Å². The summed E-state index contributed by atoms with van der Waals surface area (Å²) in [4.78, 5) is 10.7. The number of aliphatic imine (C=N–C) groups is 2. The fourth-order valence-corrected chi connectivity index (χ4v) is 2.48. The van der Waals surface area contributed by atoms with E-state index in [-0.39, 0.29) is 11.3 Å². The van der Waals surface area contributed by atoms with E-state index in [9.17, 15) is 0 Å². The van der Waals surface area contributed by atoms with E-state index in [1.165, 1.54) is 6.34 Å². The smallest absolute Gasteiger partial charge is 0.111 e. The molecule has 0 unspecified atom stereocenters. The Bertz CT molecular complexity index is 653. The van der Waals surface area contributed by atoms with Crippen molar-refractivity contribution in [1.29, 1.82) is 5.41 Å². The van der Waals surface area contributed by atoms with E-state index in [4.69, 9.17) is 20.6 Å². The van der Waals surface area contributed by atoms with Crippen LogP contribution in [0.15, 0.2) is 46.1 Å². The van der Waals surface area contributed by atoms with E-state index in [0.29, 0.717) is 30.3 Å². The van der Waals surface area contributed by atoms with Crippen LogP contribution in [0.4, 0.5) is 0 Å². The van der Waals surface area contributed by atoms with Gasteiger partial charge in [0.25, 0.3) is 0 Å². The molecule has 0 aromatic carbocycles. The summed E-state index contributed by atoms with van der Waals surface area (Å²) >= 11 is 0. The fourth-order valence-electron chi connectivity index (χ4n) is 2.48. The van der Waals surface area contributed by atoms with Gasteiger partial charge in [0.05, 0.1) is 43.5 Å². The Balaban J connectivity index is 1.88. The quantitative estimate of drug-likeness (QED) is 0.349. The molecule has 2 fully saturated rings. The highest BCUT2D eigenvalue weighted by molar-refractivity contribution is 6.48. The summed E-state index contributed by atoms with van der Waals surface area (Å²) < 4.78 is 11.0. The lowest BCUT2D eigenvalue weighted by Gasteiger charge is -2.24. The van der Waals surface area contributed by atoms with Crippen LogP contribution >= 0.6 is 0 Å². The Hall–Kier alpha value is -2.09. The van der Waals surface area contributed by atoms with Gasteiger partial charge in [0, 0.05) is 24.4 Å². The van der Waals surface area contributed by atoms with Crippen LogP contribution in [0, 0.1) is 5.41 Å². The number of ether oxygens (including phenoxy) is 2. The van der Waals surface area contributed by atoms with E-state index in [1.54, 1.807) is 19.1 Å². The zero-order chi connectivity index (χ0) is 19.7. The highest BCUT2D eigenvalue weighted by Crippen LogP contribution is 2.38. The maximum atomic E-state index is 8.31. The van der Waals surface area contributed by atoms with Crippen LogP contribution in [-0.4, -0.2) is 67.8 Å². The zero-order valence-corrected chi connectivity index (χ0v) is 16.4. The Kier molecular flexibility index (Phi) is 8.09. The zero-order valence-electron chi connectivity index (χ0n) is 16.4. The lowest BCUT2D eigenvalue weighted by molar-refractivity contribution is 0.0395. The van der Waals surface area contributed by atoms with E-state index in [2.05, 4.69) is 28.4 Å². The average Bonchev–Trinajstić information content (AvgIpc) is 3.41. The number of hydrogen-bond acceptors (Lipinski definition) is 6. The largest absolute Gasteiger partial charge is 0.398 e. The van der Waals surface area contributed by atoms with Crippen LogP contribution < -0.4 is 5.73 Å². The Morgan fingerprint density at radius 2 is 2.07 bits per heavy atom.